The lowest BCUT2D eigenvalue weighted by atomic mass is 10.0. The van der Waals surface area contributed by atoms with Gasteiger partial charge in [-0.05, 0) is 36.6 Å². The number of rotatable bonds is 4. The molecule has 1 aromatic carbocycles. The van der Waals surface area contributed by atoms with E-state index in [0.717, 1.165) is 24.0 Å². The molecule has 132 valence electrons. The van der Waals surface area contributed by atoms with Crippen molar-refractivity contribution in [1.29, 1.82) is 0 Å². The predicted molar refractivity (Wildman–Crippen MR) is 99.7 cm³/mol. The largest absolute Gasteiger partial charge is 0.340 e. The number of hydrogen-bond donors (Lipinski definition) is 1. The van der Waals surface area contributed by atoms with Gasteiger partial charge in [0.15, 0.2) is 0 Å². The Balaban J connectivity index is 1.45. The van der Waals surface area contributed by atoms with E-state index >= 15 is 0 Å². The van der Waals surface area contributed by atoms with Crippen LogP contribution in [0.5, 0.6) is 0 Å². The van der Waals surface area contributed by atoms with Gasteiger partial charge in [-0.2, -0.15) is 0 Å². The molecule has 1 atom stereocenters. The average molecular weight is 347 g/mol. The van der Waals surface area contributed by atoms with Crippen molar-refractivity contribution in [2.75, 3.05) is 6.54 Å². The monoisotopic (exact) mass is 347 g/mol. The fourth-order valence-electron chi connectivity index (χ4n) is 3.46. The van der Waals surface area contributed by atoms with Crippen LogP contribution in [0.15, 0.2) is 67.0 Å². The second kappa shape index (κ2) is 7.04. The number of fused-ring (bicyclic) bond motifs is 1. The van der Waals surface area contributed by atoms with Gasteiger partial charge in [0.1, 0.15) is 6.04 Å². The molecular weight excluding hydrogens is 326 g/mol. The summed E-state index contributed by atoms with van der Waals surface area (Å²) in [7, 11) is 0. The first-order chi connectivity index (χ1) is 12.7. The summed E-state index contributed by atoms with van der Waals surface area (Å²) in [4.78, 5) is 27.2. The highest BCUT2D eigenvalue weighted by Crippen LogP contribution is 2.16. The number of amides is 2. The number of aromatic nitrogens is 1. The van der Waals surface area contributed by atoms with Crippen molar-refractivity contribution in [3.63, 3.8) is 0 Å². The van der Waals surface area contributed by atoms with Gasteiger partial charge in [-0.25, -0.2) is 0 Å². The van der Waals surface area contributed by atoms with Gasteiger partial charge in [-0.3, -0.25) is 9.59 Å². The Morgan fingerprint density at radius 1 is 1.12 bits per heavy atom. The van der Waals surface area contributed by atoms with E-state index < -0.39 is 6.04 Å². The highest BCUT2D eigenvalue weighted by Gasteiger charge is 2.30. The quantitative estimate of drug-likeness (QED) is 0.789. The summed E-state index contributed by atoms with van der Waals surface area (Å²) in [5, 5.41) is 2.92. The molecule has 1 saturated heterocycles. The first-order valence-electron chi connectivity index (χ1n) is 8.91. The summed E-state index contributed by atoms with van der Waals surface area (Å²) in [6, 6.07) is 17.1. The van der Waals surface area contributed by atoms with Gasteiger partial charge in [-0.1, -0.05) is 36.4 Å². The molecule has 26 heavy (non-hydrogen) atoms. The van der Waals surface area contributed by atoms with Crippen LogP contribution in [0.25, 0.3) is 5.52 Å². The van der Waals surface area contributed by atoms with Crippen LogP contribution < -0.4 is 5.32 Å². The number of nitrogens with one attached hydrogen (secondary N) is 1. The van der Waals surface area contributed by atoms with Crippen LogP contribution in [0.3, 0.4) is 0 Å². The first-order valence-corrected chi connectivity index (χ1v) is 8.91. The predicted octanol–water partition coefficient (Wildman–Crippen LogP) is 2.86. The minimum Gasteiger partial charge on any atom is -0.340 e. The maximum absolute atomic E-state index is 12.8. The smallest absolute Gasteiger partial charge is 0.253 e. The zero-order valence-electron chi connectivity index (χ0n) is 14.5. The Labute approximate surface area is 152 Å². The molecule has 1 unspecified atom stereocenters. The normalized spacial score (nSPS) is 17.5. The molecule has 0 spiro atoms. The molecule has 5 heteroatoms. The molecule has 1 aliphatic rings. The Hall–Kier alpha value is -3.08. The van der Waals surface area contributed by atoms with Crippen molar-refractivity contribution in [2.24, 2.45) is 0 Å². The van der Waals surface area contributed by atoms with E-state index in [-0.39, 0.29) is 11.8 Å². The van der Waals surface area contributed by atoms with Gasteiger partial charge < -0.3 is 14.6 Å². The maximum atomic E-state index is 12.8. The van der Waals surface area contributed by atoms with Crippen molar-refractivity contribution in [2.45, 2.75) is 25.4 Å². The van der Waals surface area contributed by atoms with Crippen LogP contribution in [-0.2, 0) is 11.3 Å². The SMILES string of the molecule is O=C(NC1CCCN(Cc2ccccc2)C1=O)c1cc2ccccn2c1. The molecule has 5 nitrogen and oxygen atoms in total. The second-order valence-corrected chi connectivity index (χ2v) is 6.68. The number of pyridine rings is 1. The fraction of sp³-hybridized carbons (Fsp3) is 0.238. The van der Waals surface area contributed by atoms with E-state index in [1.165, 1.54) is 0 Å². The molecule has 0 bridgehead atoms. The number of benzene rings is 1. The highest BCUT2D eigenvalue weighted by molar-refractivity contribution is 5.98. The summed E-state index contributed by atoms with van der Waals surface area (Å²) < 4.78 is 1.90. The Kier molecular flexibility index (Phi) is 4.44. The Morgan fingerprint density at radius 3 is 2.73 bits per heavy atom. The minimum atomic E-state index is -0.456. The van der Waals surface area contributed by atoms with Crippen molar-refractivity contribution >= 4 is 17.3 Å². The molecule has 2 amide bonds. The molecule has 0 aliphatic carbocycles. The number of hydrogen-bond acceptors (Lipinski definition) is 2. The van der Waals surface area contributed by atoms with Gasteiger partial charge in [0, 0.05) is 31.0 Å². The number of nitrogens with zero attached hydrogens (tertiary/aromatic N) is 2. The van der Waals surface area contributed by atoms with Crippen LogP contribution in [0, 0.1) is 0 Å². The third-order valence-corrected chi connectivity index (χ3v) is 4.82. The van der Waals surface area contributed by atoms with Gasteiger partial charge >= 0.3 is 0 Å². The van der Waals surface area contributed by atoms with E-state index in [1.807, 2.05) is 70.1 Å². The van der Waals surface area contributed by atoms with Crippen molar-refractivity contribution in [3.05, 3.63) is 78.1 Å². The standard InChI is InChI=1S/C21H21N3O2/c25-20(17-13-18-9-4-5-11-23(18)15-17)22-19-10-6-12-24(21(19)26)14-16-7-2-1-3-8-16/h1-5,7-9,11,13,15,19H,6,10,12,14H2,(H,22,25). The van der Waals surface area contributed by atoms with Gasteiger partial charge in [0.2, 0.25) is 5.91 Å². The van der Waals surface area contributed by atoms with Crippen LogP contribution >= 0.6 is 0 Å². The molecule has 4 rings (SSSR count). The van der Waals surface area contributed by atoms with Crippen LogP contribution in [0.2, 0.25) is 0 Å². The first kappa shape index (κ1) is 16.4. The Bertz CT molecular complexity index is 900. The number of carbonyl (C=O) groups is 2. The van der Waals surface area contributed by atoms with Crippen LogP contribution in [-0.4, -0.2) is 33.7 Å². The molecule has 1 aliphatic heterocycles. The van der Waals surface area contributed by atoms with E-state index in [2.05, 4.69) is 5.32 Å². The van der Waals surface area contributed by atoms with Gasteiger partial charge in [0.25, 0.3) is 5.91 Å². The lowest BCUT2D eigenvalue weighted by Gasteiger charge is -2.32. The molecule has 2 aromatic heterocycles. The van der Waals surface area contributed by atoms with Crippen LogP contribution in [0.1, 0.15) is 28.8 Å². The van der Waals surface area contributed by atoms with Gasteiger partial charge in [0.05, 0.1) is 5.56 Å². The third-order valence-electron chi connectivity index (χ3n) is 4.82. The minimum absolute atomic E-state index is 0.00258. The number of piperidine rings is 1. The van der Waals surface area contributed by atoms with E-state index in [1.54, 1.807) is 6.20 Å². The number of carbonyl (C=O) groups excluding carboxylic acids is 2. The molecule has 0 saturated carbocycles. The lowest BCUT2D eigenvalue weighted by Crippen LogP contribution is -2.51. The molecule has 0 radical (unpaired) electrons. The summed E-state index contributed by atoms with van der Waals surface area (Å²) in [6.45, 7) is 1.32. The maximum Gasteiger partial charge on any atom is 0.253 e. The van der Waals surface area contributed by atoms with Crippen molar-refractivity contribution in [3.8, 4) is 0 Å². The van der Waals surface area contributed by atoms with E-state index in [0.29, 0.717) is 18.5 Å². The zero-order valence-corrected chi connectivity index (χ0v) is 14.5. The van der Waals surface area contributed by atoms with Crippen molar-refractivity contribution < 1.29 is 9.59 Å². The molecule has 1 N–H and O–H groups in total. The van der Waals surface area contributed by atoms with E-state index in [9.17, 15) is 9.59 Å². The topological polar surface area (TPSA) is 53.8 Å². The second-order valence-electron chi connectivity index (χ2n) is 6.68. The summed E-state index contributed by atoms with van der Waals surface area (Å²) in [5.74, 6) is -0.203. The van der Waals surface area contributed by atoms with Gasteiger partial charge in [-0.15, -0.1) is 0 Å². The molecule has 1 fully saturated rings. The zero-order chi connectivity index (χ0) is 17.9. The summed E-state index contributed by atoms with van der Waals surface area (Å²) >= 11 is 0. The highest BCUT2D eigenvalue weighted by atomic mass is 16.2. The Morgan fingerprint density at radius 2 is 1.92 bits per heavy atom. The number of likely N-dealkylation sites (tertiary alicyclic amines) is 1. The van der Waals surface area contributed by atoms with E-state index in [4.69, 9.17) is 0 Å². The third kappa shape index (κ3) is 3.33. The molecule has 3 heterocycles. The lowest BCUT2D eigenvalue weighted by molar-refractivity contribution is -0.136. The fourth-order valence-corrected chi connectivity index (χ4v) is 3.46. The van der Waals surface area contributed by atoms with Crippen molar-refractivity contribution in [1.82, 2.24) is 14.6 Å². The molecular formula is C21H21N3O2. The summed E-state index contributed by atoms with van der Waals surface area (Å²) in [5.41, 5.74) is 2.63. The average Bonchev–Trinajstić information content (AvgIpc) is 3.10. The molecule has 3 aromatic rings. The summed E-state index contributed by atoms with van der Waals surface area (Å²) in [6.07, 6.45) is 5.27. The van der Waals surface area contributed by atoms with Crippen LogP contribution in [0.4, 0.5) is 0 Å².